The number of likely N-dealkylation sites (tertiary alicyclic amines) is 1. The summed E-state index contributed by atoms with van der Waals surface area (Å²) in [6.07, 6.45) is 1.12. The van der Waals surface area contributed by atoms with E-state index in [1.807, 2.05) is 7.05 Å². The maximum Gasteiger partial charge on any atom is 0.236 e. The Morgan fingerprint density at radius 1 is 1.31 bits per heavy atom. The Balaban J connectivity index is 1.51. The molecule has 1 atom stereocenters. The van der Waals surface area contributed by atoms with Crippen molar-refractivity contribution in [2.45, 2.75) is 45.1 Å². The summed E-state index contributed by atoms with van der Waals surface area (Å²) in [5.41, 5.74) is 3.40. The SMILES string of the molecule is CN(Cc1cc(C(C)(C)C)n[nH]1)C(=O)CN1CC[C@@H](c2ccccc2)C1. The number of carbonyl (C=O) groups is 1. The highest BCUT2D eigenvalue weighted by atomic mass is 16.2. The fourth-order valence-electron chi connectivity index (χ4n) is 3.46. The summed E-state index contributed by atoms with van der Waals surface area (Å²) in [4.78, 5) is 16.7. The molecule has 0 aliphatic carbocycles. The molecule has 1 saturated heterocycles. The van der Waals surface area contributed by atoms with Crippen LogP contribution in [0.5, 0.6) is 0 Å². The van der Waals surface area contributed by atoms with E-state index < -0.39 is 0 Å². The molecule has 1 N–H and O–H groups in total. The number of hydrogen-bond donors (Lipinski definition) is 1. The van der Waals surface area contributed by atoms with E-state index >= 15 is 0 Å². The summed E-state index contributed by atoms with van der Waals surface area (Å²) in [5, 5.41) is 7.44. The molecule has 1 amide bonds. The van der Waals surface area contributed by atoms with Crippen molar-refractivity contribution in [3.63, 3.8) is 0 Å². The predicted molar refractivity (Wildman–Crippen MR) is 104 cm³/mol. The molecule has 26 heavy (non-hydrogen) atoms. The largest absolute Gasteiger partial charge is 0.339 e. The number of hydrogen-bond acceptors (Lipinski definition) is 3. The Labute approximate surface area is 156 Å². The van der Waals surface area contributed by atoms with Crippen molar-refractivity contribution in [1.29, 1.82) is 0 Å². The van der Waals surface area contributed by atoms with Gasteiger partial charge in [0.05, 0.1) is 24.5 Å². The normalized spacial score (nSPS) is 18.2. The van der Waals surface area contributed by atoms with E-state index in [4.69, 9.17) is 0 Å². The molecule has 1 aliphatic heterocycles. The van der Waals surface area contributed by atoms with E-state index in [-0.39, 0.29) is 11.3 Å². The van der Waals surface area contributed by atoms with Gasteiger partial charge < -0.3 is 4.90 Å². The lowest BCUT2D eigenvalue weighted by Gasteiger charge is -2.21. The number of nitrogens with zero attached hydrogens (tertiary/aromatic N) is 3. The summed E-state index contributed by atoms with van der Waals surface area (Å²) in [7, 11) is 1.87. The zero-order valence-electron chi connectivity index (χ0n) is 16.3. The molecule has 3 rings (SSSR count). The van der Waals surface area contributed by atoms with E-state index in [9.17, 15) is 4.79 Å². The van der Waals surface area contributed by atoms with Crippen LogP contribution < -0.4 is 0 Å². The van der Waals surface area contributed by atoms with Crippen molar-refractivity contribution in [2.24, 2.45) is 0 Å². The highest BCUT2D eigenvalue weighted by molar-refractivity contribution is 5.78. The first-order chi connectivity index (χ1) is 12.3. The van der Waals surface area contributed by atoms with Gasteiger partial charge in [0.2, 0.25) is 5.91 Å². The fourth-order valence-corrected chi connectivity index (χ4v) is 3.46. The lowest BCUT2D eigenvalue weighted by molar-refractivity contribution is -0.131. The summed E-state index contributed by atoms with van der Waals surface area (Å²) < 4.78 is 0. The molecule has 0 radical (unpaired) electrons. The maximum atomic E-state index is 12.6. The fraction of sp³-hybridized carbons (Fsp3) is 0.524. The van der Waals surface area contributed by atoms with Gasteiger partial charge >= 0.3 is 0 Å². The Bertz CT molecular complexity index is 732. The molecule has 0 unspecified atom stereocenters. The van der Waals surface area contributed by atoms with Crippen LogP contribution in [0.2, 0.25) is 0 Å². The Kier molecular flexibility index (Phi) is 5.47. The average Bonchev–Trinajstić information content (AvgIpc) is 3.25. The molecule has 0 spiro atoms. The van der Waals surface area contributed by atoms with E-state index in [1.165, 1.54) is 5.56 Å². The van der Waals surface area contributed by atoms with Gasteiger partial charge in [0, 0.05) is 19.0 Å². The number of carbonyl (C=O) groups excluding carboxylic acids is 1. The second-order valence-corrected chi connectivity index (χ2v) is 8.41. The number of rotatable bonds is 5. The van der Waals surface area contributed by atoms with Gasteiger partial charge in [-0.3, -0.25) is 14.8 Å². The summed E-state index contributed by atoms with van der Waals surface area (Å²) in [6.45, 7) is 9.41. The first kappa shape index (κ1) is 18.6. The van der Waals surface area contributed by atoms with Crippen LogP contribution in [0, 0.1) is 0 Å². The molecule has 5 nitrogen and oxygen atoms in total. The van der Waals surface area contributed by atoms with Gasteiger partial charge in [-0.25, -0.2) is 0 Å². The van der Waals surface area contributed by atoms with Gasteiger partial charge in [0.25, 0.3) is 0 Å². The van der Waals surface area contributed by atoms with Crippen molar-refractivity contribution < 1.29 is 4.79 Å². The molecular formula is C21H30N4O. The van der Waals surface area contributed by atoms with E-state index in [0.717, 1.165) is 30.9 Å². The molecule has 1 aromatic carbocycles. The average molecular weight is 354 g/mol. The number of nitrogens with one attached hydrogen (secondary N) is 1. The number of aromatic amines is 1. The van der Waals surface area contributed by atoms with Gasteiger partial charge in [-0.15, -0.1) is 0 Å². The van der Waals surface area contributed by atoms with E-state index in [1.54, 1.807) is 4.90 Å². The topological polar surface area (TPSA) is 52.2 Å². The summed E-state index contributed by atoms with van der Waals surface area (Å²) in [6, 6.07) is 12.7. The van der Waals surface area contributed by atoms with Crippen LogP contribution in [-0.4, -0.2) is 52.6 Å². The monoisotopic (exact) mass is 354 g/mol. The second-order valence-electron chi connectivity index (χ2n) is 8.41. The highest BCUT2D eigenvalue weighted by Crippen LogP contribution is 2.26. The number of amides is 1. The van der Waals surface area contributed by atoms with Gasteiger partial charge in [-0.2, -0.15) is 5.10 Å². The molecule has 0 bridgehead atoms. The third-order valence-corrected chi connectivity index (χ3v) is 5.13. The standard InChI is InChI=1S/C21H30N4O/c1-21(2,3)19-12-18(22-23-19)14-24(4)20(26)15-25-11-10-17(13-25)16-8-6-5-7-9-16/h5-9,12,17H,10-11,13-15H2,1-4H3,(H,22,23)/t17-/m1/s1. The third kappa shape index (κ3) is 4.52. The van der Waals surface area contributed by atoms with Crippen LogP contribution in [-0.2, 0) is 16.8 Å². The minimum Gasteiger partial charge on any atom is -0.339 e. The quantitative estimate of drug-likeness (QED) is 0.897. The van der Waals surface area contributed by atoms with Crippen molar-refractivity contribution >= 4 is 5.91 Å². The molecule has 140 valence electrons. The second kappa shape index (κ2) is 7.62. The van der Waals surface area contributed by atoms with Crippen LogP contribution in [0.4, 0.5) is 0 Å². The molecule has 2 aromatic rings. The first-order valence-corrected chi connectivity index (χ1v) is 9.39. The number of likely N-dealkylation sites (N-methyl/N-ethyl adjacent to an activating group) is 1. The molecule has 5 heteroatoms. The summed E-state index contributed by atoms with van der Waals surface area (Å²) >= 11 is 0. The van der Waals surface area contributed by atoms with Crippen molar-refractivity contribution in [3.8, 4) is 0 Å². The molecule has 1 aromatic heterocycles. The third-order valence-electron chi connectivity index (χ3n) is 5.13. The zero-order valence-corrected chi connectivity index (χ0v) is 16.3. The van der Waals surface area contributed by atoms with Gasteiger partial charge in [0.15, 0.2) is 0 Å². The van der Waals surface area contributed by atoms with Crippen LogP contribution in [0.1, 0.15) is 50.1 Å². The molecule has 1 fully saturated rings. The number of aromatic nitrogens is 2. The van der Waals surface area contributed by atoms with Gasteiger partial charge in [-0.1, -0.05) is 51.1 Å². The summed E-state index contributed by atoms with van der Waals surface area (Å²) in [5.74, 6) is 0.696. The Morgan fingerprint density at radius 2 is 2.04 bits per heavy atom. The lowest BCUT2D eigenvalue weighted by Crippen LogP contribution is -2.37. The van der Waals surface area contributed by atoms with E-state index in [0.29, 0.717) is 19.0 Å². The Morgan fingerprint density at radius 3 is 2.69 bits per heavy atom. The number of H-pyrrole nitrogens is 1. The molecule has 2 heterocycles. The molecule has 1 aliphatic rings. The molecular weight excluding hydrogens is 324 g/mol. The lowest BCUT2D eigenvalue weighted by atomic mass is 9.92. The molecule has 0 saturated carbocycles. The van der Waals surface area contributed by atoms with Crippen molar-refractivity contribution in [1.82, 2.24) is 20.0 Å². The highest BCUT2D eigenvalue weighted by Gasteiger charge is 2.26. The van der Waals surface area contributed by atoms with Crippen molar-refractivity contribution in [3.05, 3.63) is 53.3 Å². The van der Waals surface area contributed by atoms with Crippen molar-refractivity contribution in [2.75, 3.05) is 26.7 Å². The van der Waals surface area contributed by atoms with Gasteiger partial charge in [-0.05, 0) is 30.5 Å². The van der Waals surface area contributed by atoms with Crippen LogP contribution in [0.3, 0.4) is 0 Å². The van der Waals surface area contributed by atoms with E-state index in [2.05, 4.69) is 72.3 Å². The predicted octanol–water partition coefficient (Wildman–Crippen LogP) is 3.16. The van der Waals surface area contributed by atoms with Crippen LogP contribution >= 0.6 is 0 Å². The Hall–Kier alpha value is -2.14. The van der Waals surface area contributed by atoms with Crippen LogP contribution in [0.15, 0.2) is 36.4 Å². The zero-order chi connectivity index (χ0) is 18.7. The first-order valence-electron chi connectivity index (χ1n) is 9.39. The minimum absolute atomic E-state index is 0.0132. The van der Waals surface area contributed by atoms with Crippen LogP contribution in [0.25, 0.3) is 0 Å². The number of benzene rings is 1. The maximum absolute atomic E-state index is 12.6. The smallest absolute Gasteiger partial charge is 0.236 e. The minimum atomic E-state index is 0.0132. The van der Waals surface area contributed by atoms with Gasteiger partial charge in [0.1, 0.15) is 0 Å².